The van der Waals surface area contributed by atoms with Gasteiger partial charge in [0.1, 0.15) is 10.6 Å². The lowest BCUT2D eigenvalue weighted by Crippen LogP contribution is -2.32. The number of carbonyl (C=O) groups excluding carboxylic acids is 1. The number of hydrogen-bond donors (Lipinski definition) is 3. The maximum atomic E-state index is 12.9. The number of nitrogens with one attached hydrogen (secondary N) is 2. The molecule has 9 heteroatoms. The second-order valence-electron chi connectivity index (χ2n) is 6.10. The fourth-order valence-corrected chi connectivity index (χ4v) is 3.67. The monoisotopic (exact) mass is 406 g/mol. The molecule has 0 saturated heterocycles. The molecule has 0 fully saturated rings. The SMILES string of the molecule is CC[C@@H](C)NC(=O)c1ccccc1NS(=O)(=O)c1cc(C(=O)O)ccc1OC. The van der Waals surface area contributed by atoms with Crippen LogP contribution in [0.5, 0.6) is 5.75 Å². The largest absolute Gasteiger partial charge is 0.495 e. The third kappa shape index (κ3) is 4.80. The summed E-state index contributed by atoms with van der Waals surface area (Å²) in [6, 6.07) is 9.59. The number of rotatable bonds is 8. The Morgan fingerprint density at radius 2 is 1.86 bits per heavy atom. The van der Waals surface area contributed by atoms with Crippen LogP contribution in [0.2, 0.25) is 0 Å². The number of benzene rings is 2. The van der Waals surface area contributed by atoms with E-state index in [2.05, 4.69) is 10.0 Å². The van der Waals surface area contributed by atoms with Crippen LogP contribution in [-0.2, 0) is 10.0 Å². The van der Waals surface area contributed by atoms with Crippen LogP contribution in [0.25, 0.3) is 0 Å². The summed E-state index contributed by atoms with van der Waals surface area (Å²) in [5, 5.41) is 11.9. The van der Waals surface area contributed by atoms with Crippen LogP contribution in [0.15, 0.2) is 47.4 Å². The molecule has 8 nitrogen and oxygen atoms in total. The Balaban J connectivity index is 2.45. The number of ether oxygens (including phenoxy) is 1. The normalized spacial score (nSPS) is 12.1. The minimum absolute atomic E-state index is 0.0148. The molecule has 0 unspecified atom stereocenters. The van der Waals surface area contributed by atoms with Gasteiger partial charge in [-0.1, -0.05) is 19.1 Å². The van der Waals surface area contributed by atoms with Crippen molar-refractivity contribution in [1.29, 1.82) is 0 Å². The average molecular weight is 406 g/mol. The molecule has 0 saturated carbocycles. The highest BCUT2D eigenvalue weighted by molar-refractivity contribution is 7.92. The van der Waals surface area contributed by atoms with E-state index in [1.54, 1.807) is 12.1 Å². The zero-order chi connectivity index (χ0) is 20.9. The Labute approximate surface area is 163 Å². The Morgan fingerprint density at radius 3 is 2.46 bits per heavy atom. The van der Waals surface area contributed by atoms with E-state index >= 15 is 0 Å². The smallest absolute Gasteiger partial charge is 0.335 e. The van der Waals surface area contributed by atoms with Crippen molar-refractivity contribution >= 4 is 27.6 Å². The molecule has 1 amide bonds. The Morgan fingerprint density at radius 1 is 1.18 bits per heavy atom. The van der Waals surface area contributed by atoms with E-state index in [0.717, 1.165) is 12.5 Å². The topological polar surface area (TPSA) is 122 Å². The van der Waals surface area contributed by atoms with Crippen molar-refractivity contribution in [3.05, 3.63) is 53.6 Å². The molecular weight excluding hydrogens is 384 g/mol. The number of amides is 1. The minimum Gasteiger partial charge on any atom is -0.495 e. The summed E-state index contributed by atoms with van der Waals surface area (Å²) >= 11 is 0. The van der Waals surface area contributed by atoms with Gasteiger partial charge < -0.3 is 15.2 Å². The zero-order valence-corrected chi connectivity index (χ0v) is 16.5. The maximum Gasteiger partial charge on any atom is 0.335 e. The van der Waals surface area contributed by atoms with Crippen molar-refractivity contribution < 1.29 is 27.9 Å². The van der Waals surface area contributed by atoms with Gasteiger partial charge >= 0.3 is 5.97 Å². The lowest BCUT2D eigenvalue weighted by Gasteiger charge is -2.16. The van der Waals surface area contributed by atoms with E-state index in [4.69, 9.17) is 9.84 Å². The molecule has 150 valence electrons. The second-order valence-corrected chi connectivity index (χ2v) is 7.76. The average Bonchev–Trinajstić information content (AvgIpc) is 2.67. The highest BCUT2D eigenvalue weighted by atomic mass is 32.2. The van der Waals surface area contributed by atoms with Gasteiger partial charge in [-0.05, 0) is 43.7 Å². The van der Waals surface area contributed by atoms with Gasteiger partial charge in [0, 0.05) is 6.04 Å². The van der Waals surface area contributed by atoms with Gasteiger partial charge in [-0.2, -0.15) is 0 Å². The van der Waals surface area contributed by atoms with Gasteiger partial charge in [-0.25, -0.2) is 13.2 Å². The first-order chi connectivity index (χ1) is 13.2. The van der Waals surface area contributed by atoms with E-state index in [-0.39, 0.29) is 33.5 Å². The van der Waals surface area contributed by atoms with E-state index in [9.17, 15) is 18.0 Å². The number of carboxylic acid groups (broad SMARTS) is 1. The van der Waals surface area contributed by atoms with E-state index in [0.29, 0.717) is 0 Å². The molecule has 0 heterocycles. The molecule has 0 radical (unpaired) electrons. The third-order valence-corrected chi connectivity index (χ3v) is 5.49. The van der Waals surface area contributed by atoms with Crippen LogP contribution in [0.4, 0.5) is 5.69 Å². The number of anilines is 1. The van der Waals surface area contributed by atoms with Gasteiger partial charge in [0.15, 0.2) is 0 Å². The predicted molar refractivity (Wildman–Crippen MR) is 104 cm³/mol. The van der Waals surface area contributed by atoms with Gasteiger partial charge in [-0.15, -0.1) is 0 Å². The first-order valence-electron chi connectivity index (χ1n) is 8.53. The zero-order valence-electron chi connectivity index (χ0n) is 15.7. The van der Waals surface area contributed by atoms with E-state index in [1.807, 2.05) is 13.8 Å². The third-order valence-electron chi connectivity index (χ3n) is 4.11. The lowest BCUT2D eigenvalue weighted by molar-refractivity contribution is 0.0696. The van der Waals surface area contributed by atoms with Crippen LogP contribution in [0, 0.1) is 0 Å². The Bertz CT molecular complexity index is 988. The van der Waals surface area contributed by atoms with Crippen LogP contribution < -0.4 is 14.8 Å². The van der Waals surface area contributed by atoms with Crippen LogP contribution in [-0.4, -0.2) is 38.6 Å². The molecule has 0 bridgehead atoms. The van der Waals surface area contributed by atoms with Crippen molar-refractivity contribution in [1.82, 2.24) is 5.32 Å². The number of sulfonamides is 1. The Kier molecular flexibility index (Phi) is 6.63. The summed E-state index contributed by atoms with van der Waals surface area (Å²) in [6.45, 7) is 3.76. The van der Waals surface area contributed by atoms with Crippen LogP contribution in [0.3, 0.4) is 0 Å². The number of carbonyl (C=O) groups is 2. The molecule has 3 N–H and O–H groups in total. The first kappa shape index (κ1) is 21.2. The molecule has 2 rings (SSSR count). The summed E-state index contributed by atoms with van der Waals surface area (Å²) in [5.41, 5.74) is 0.0230. The molecule has 0 aliphatic rings. The number of aromatic carboxylic acids is 1. The molecule has 28 heavy (non-hydrogen) atoms. The van der Waals surface area contributed by atoms with Gasteiger partial charge in [-0.3, -0.25) is 9.52 Å². The summed E-state index contributed by atoms with van der Waals surface area (Å²) in [4.78, 5) is 23.3. The quantitative estimate of drug-likeness (QED) is 0.620. The molecule has 0 aliphatic heterocycles. The molecule has 2 aromatic carbocycles. The summed E-state index contributed by atoms with van der Waals surface area (Å²) in [6.07, 6.45) is 0.721. The van der Waals surface area contributed by atoms with Crippen LogP contribution in [0.1, 0.15) is 41.0 Å². The van der Waals surface area contributed by atoms with Crippen LogP contribution >= 0.6 is 0 Å². The highest BCUT2D eigenvalue weighted by Gasteiger charge is 2.24. The molecule has 2 aromatic rings. The van der Waals surface area contributed by atoms with Crippen molar-refractivity contribution in [3.63, 3.8) is 0 Å². The van der Waals surface area contributed by atoms with Gasteiger partial charge in [0.25, 0.3) is 15.9 Å². The Hall–Kier alpha value is -3.07. The fraction of sp³-hybridized carbons (Fsp3) is 0.263. The second kappa shape index (κ2) is 8.75. The minimum atomic E-state index is -4.22. The standard InChI is InChI=1S/C19H22N2O6S/c1-4-12(2)20-18(22)14-7-5-6-8-15(14)21-28(25,26)17-11-13(19(23)24)9-10-16(17)27-3/h5-12,21H,4H2,1-3H3,(H,20,22)(H,23,24)/t12-/m1/s1. The van der Waals surface area contributed by atoms with E-state index < -0.39 is 21.9 Å². The van der Waals surface area contributed by atoms with Crippen molar-refractivity contribution in [3.8, 4) is 5.75 Å². The molecule has 0 aromatic heterocycles. The number of carboxylic acids is 1. The fourth-order valence-electron chi connectivity index (χ4n) is 2.39. The van der Waals surface area contributed by atoms with Crippen molar-refractivity contribution in [2.45, 2.75) is 31.2 Å². The first-order valence-corrected chi connectivity index (χ1v) is 10.0. The van der Waals surface area contributed by atoms with Gasteiger partial charge in [0.05, 0.1) is 23.9 Å². The lowest BCUT2D eigenvalue weighted by atomic mass is 10.1. The van der Waals surface area contributed by atoms with E-state index in [1.165, 1.54) is 31.4 Å². The molecular formula is C19H22N2O6S. The summed E-state index contributed by atoms with van der Waals surface area (Å²) < 4.78 is 33.2. The number of para-hydroxylation sites is 1. The van der Waals surface area contributed by atoms with Crippen molar-refractivity contribution in [2.75, 3.05) is 11.8 Å². The molecule has 0 aliphatic carbocycles. The summed E-state index contributed by atoms with van der Waals surface area (Å²) in [7, 11) is -2.94. The number of methoxy groups -OCH3 is 1. The van der Waals surface area contributed by atoms with Crippen molar-refractivity contribution in [2.24, 2.45) is 0 Å². The predicted octanol–water partition coefficient (Wildman–Crippen LogP) is 2.72. The maximum absolute atomic E-state index is 12.9. The molecule has 1 atom stereocenters. The van der Waals surface area contributed by atoms with Gasteiger partial charge in [0.2, 0.25) is 0 Å². The number of hydrogen-bond acceptors (Lipinski definition) is 5. The molecule has 0 spiro atoms. The highest BCUT2D eigenvalue weighted by Crippen LogP contribution is 2.28. The summed E-state index contributed by atoms with van der Waals surface area (Å²) in [5.74, 6) is -1.70.